The van der Waals surface area contributed by atoms with Gasteiger partial charge in [-0.15, -0.1) is 0 Å². The zero-order valence-corrected chi connectivity index (χ0v) is 9.78. The maximum Gasteiger partial charge on any atom is 0.0762 e. The number of hydrogen-bond acceptors (Lipinski definition) is 4. The van der Waals surface area contributed by atoms with Crippen LogP contribution in [0.25, 0.3) is 0 Å². The third kappa shape index (κ3) is 3.20. The quantitative estimate of drug-likeness (QED) is 0.613. The van der Waals surface area contributed by atoms with E-state index in [4.69, 9.17) is 0 Å². The van der Waals surface area contributed by atoms with Crippen molar-refractivity contribution >= 4 is 52.4 Å². The molecule has 0 aromatic rings. The lowest BCUT2D eigenvalue weighted by atomic mass is 10.3. The van der Waals surface area contributed by atoms with Gasteiger partial charge in [0.15, 0.2) is 0 Å². The molecule has 0 aromatic carbocycles. The molecule has 58 valence electrons. The molecule has 1 rings (SSSR count). The molecule has 0 N–H and O–H groups in total. The Balaban J connectivity index is 2.40. The lowest BCUT2D eigenvalue weighted by molar-refractivity contribution is 0.724. The Morgan fingerprint density at radius 3 is 2.80 bits per heavy atom. The Morgan fingerprint density at radius 1 is 1.30 bits per heavy atom. The zero-order chi connectivity index (χ0) is 7.40. The van der Waals surface area contributed by atoms with Crippen LogP contribution in [0, 0.1) is 10.4 Å². The van der Waals surface area contributed by atoms with Gasteiger partial charge in [-0.3, -0.25) is 0 Å². The van der Waals surface area contributed by atoms with Crippen LogP contribution < -0.4 is 0 Å². The van der Waals surface area contributed by atoms with Crippen LogP contribution in [0.15, 0.2) is 0 Å². The summed E-state index contributed by atoms with van der Waals surface area (Å²) in [5.41, 5.74) is 0. The first kappa shape index (κ1) is 9.49. The van der Waals surface area contributed by atoms with Crippen LogP contribution in [0.1, 0.15) is 13.8 Å². The number of rotatable bonds is 1. The van der Waals surface area contributed by atoms with E-state index in [9.17, 15) is 0 Å². The molecule has 0 spiro atoms. The van der Waals surface area contributed by atoms with Crippen molar-refractivity contribution in [2.24, 2.45) is 5.92 Å². The van der Waals surface area contributed by atoms with Crippen LogP contribution >= 0.6 is 52.4 Å². The molecule has 0 bridgehead atoms. The fourth-order valence-electron chi connectivity index (χ4n) is 0.416. The molecule has 5 heteroatoms. The SMILES string of the molecule is CC(C)C1SC#SSSS1. The van der Waals surface area contributed by atoms with Crippen LogP contribution in [0.4, 0.5) is 0 Å². The van der Waals surface area contributed by atoms with E-state index in [1.54, 1.807) is 20.0 Å². The molecule has 0 aliphatic carbocycles. The third-order valence-corrected chi connectivity index (χ3v) is 9.41. The molecule has 0 nitrogen and oxygen atoms in total. The molecule has 0 saturated heterocycles. The minimum absolute atomic E-state index is 0.687. The smallest absolute Gasteiger partial charge is 0.0657 e. The highest BCUT2D eigenvalue weighted by Gasteiger charge is 2.15. The summed E-state index contributed by atoms with van der Waals surface area (Å²) in [5.74, 6) is 0.745. The lowest BCUT2D eigenvalue weighted by Gasteiger charge is -2.12. The lowest BCUT2D eigenvalue weighted by Crippen LogP contribution is -2.02. The molecule has 1 aliphatic heterocycles. The van der Waals surface area contributed by atoms with Gasteiger partial charge < -0.3 is 0 Å². The van der Waals surface area contributed by atoms with E-state index >= 15 is 0 Å². The standard InChI is InChI=1S/C5H8S5/c1-4(2)5-6-3-7-9-10-8-5/h4-5H,1-2H3. The summed E-state index contributed by atoms with van der Waals surface area (Å²) in [6, 6.07) is 0. The monoisotopic (exact) mass is 228 g/mol. The third-order valence-electron chi connectivity index (χ3n) is 0.939. The summed E-state index contributed by atoms with van der Waals surface area (Å²) in [4.78, 5) is 0. The molecule has 1 aliphatic rings. The van der Waals surface area contributed by atoms with Gasteiger partial charge in [0.1, 0.15) is 0 Å². The van der Waals surface area contributed by atoms with Crippen LogP contribution in [0.3, 0.4) is 0 Å². The molecule has 10 heavy (non-hydrogen) atoms. The topological polar surface area (TPSA) is 0 Å². The van der Waals surface area contributed by atoms with Gasteiger partial charge in [0.2, 0.25) is 0 Å². The van der Waals surface area contributed by atoms with Crippen molar-refractivity contribution in [3.8, 4) is 4.52 Å². The molecule has 0 amide bonds. The van der Waals surface area contributed by atoms with Crippen molar-refractivity contribution in [1.29, 1.82) is 0 Å². The molecule has 0 radical (unpaired) electrons. The van der Waals surface area contributed by atoms with E-state index < -0.39 is 0 Å². The number of hydrogen-bond donors (Lipinski definition) is 0. The summed E-state index contributed by atoms with van der Waals surface area (Å²) < 4.78 is 3.92. The van der Waals surface area contributed by atoms with E-state index in [0.29, 0.717) is 4.58 Å². The molecule has 0 fully saturated rings. The van der Waals surface area contributed by atoms with E-state index in [1.165, 1.54) is 0 Å². The highest BCUT2D eigenvalue weighted by atomic mass is 33.7. The Bertz CT molecular complexity index is 155. The average molecular weight is 228 g/mol. The minimum atomic E-state index is 0.687. The van der Waals surface area contributed by atoms with E-state index in [0.717, 1.165) is 5.92 Å². The molecular weight excluding hydrogens is 220 g/mol. The minimum Gasteiger partial charge on any atom is -0.0657 e. The number of thioether (sulfide) groups is 1. The second-order valence-electron chi connectivity index (χ2n) is 2.13. The van der Waals surface area contributed by atoms with Crippen LogP contribution in [0.2, 0.25) is 0 Å². The van der Waals surface area contributed by atoms with Crippen molar-refractivity contribution in [1.82, 2.24) is 0 Å². The second kappa shape index (κ2) is 5.12. The largest absolute Gasteiger partial charge is 0.0762 e. The fraction of sp³-hybridized carbons (Fsp3) is 0.800. The summed E-state index contributed by atoms with van der Waals surface area (Å²) in [6.07, 6.45) is 0. The highest BCUT2D eigenvalue weighted by molar-refractivity contribution is 9.25. The van der Waals surface area contributed by atoms with Crippen LogP contribution in [-0.2, 0) is 0 Å². The predicted octanol–water partition coefficient (Wildman–Crippen LogP) is 4.31. The van der Waals surface area contributed by atoms with Gasteiger partial charge in [-0.25, -0.2) is 0 Å². The van der Waals surface area contributed by atoms with Crippen LogP contribution in [-0.4, -0.2) is 4.58 Å². The molecular formula is C5H8S5. The first-order valence-corrected chi connectivity index (χ1v) is 8.63. The summed E-state index contributed by atoms with van der Waals surface area (Å²) >= 11 is 1.83. The van der Waals surface area contributed by atoms with E-state index in [-0.39, 0.29) is 0 Å². The maximum absolute atomic E-state index is 3.23. The molecule has 1 unspecified atom stereocenters. The Kier molecular flexibility index (Phi) is 4.86. The van der Waals surface area contributed by atoms with Crippen molar-refractivity contribution in [2.75, 3.05) is 0 Å². The van der Waals surface area contributed by atoms with Crippen molar-refractivity contribution in [3.05, 3.63) is 0 Å². The van der Waals surface area contributed by atoms with Crippen molar-refractivity contribution in [3.63, 3.8) is 0 Å². The van der Waals surface area contributed by atoms with Gasteiger partial charge in [-0.1, -0.05) is 36.4 Å². The van der Waals surface area contributed by atoms with Gasteiger partial charge in [-0.05, 0) is 30.5 Å². The summed E-state index contributed by atoms with van der Waals surface area (Å²) in [7, 11) is 7.33. The van der Waals surface area contributed by atoms with Gasteiger partial charge in [-0.2, -0.15) is 0 Å². The molecule has 0 saturated carbocycles. The van der Waals surface area contributed by atoms with Gasteiger partial charge in [0.05, 0.1) is 4.58 Å². The van der Waals surface area contributed by atoms with Crippen molar-refractivity contribution < 1.29 is 0 Å². The van der Waals surface area contributed by atoms with Gasteiger partial charge in [0, 0.05) is 9.83 Å². The van der Waals surface area contributed by atoms with Crippen molar-refractivity contribution in [2.45, 2.75) is 18.4 Å². The first-order valence-electron chi connectivity index (χ1n) is 2.87. The maximum atomic E-state index is 3.23. The van der Waals surface area contributed by atoms with Gasteiger partial charge >= 0.3 is 0 Å². The normalized spacial score (nSPS) is 26.1. The van der Waals surface area contributed by atoms with Crippen LogP contribution in [0.5, 0.6) is 0 Å². The Hall–Kier alpha value is 1.40. The first-order chi connectivity index (χ1) is 4.80. The zero-order valence-electron chi connectivity index (χ0n) is 5.70. The Morgan fingerprint density at radius 2 is 2.10 bits per heavy atom. The molecule has 1 heterocycles. The second-order valence-corrected chi connectivity index (χ2v) is 9.32. The predicted molar refractivity (Wildman–Crippen MR) is 60.5 cm³/mol. The average Bonchev–Trinajstić information content (AvgIpc) is 2.12. The van der Waals surface area contributed by atoms with E-state index in [1.807, 2.05) is 32.4 Å². The summed E-state index contributed by atoms with van der Waals surface area (Å²) in [6.45, 7) is 4.52. The molecule has 0 aromatic heterocycles. The summed E-state index contributed by atoms with van der Waals surface area (Å²) in [5, 5.41) is 0. The fourth-order valence-corrected chi connectivity index (χ4v) is 8.71. The molecule has 1 atom stereocenters. The highest BCUT2D eigenvalue weighted by Crippen LogP contribution is 2.49. The Labute approximate surface area is 80.8 Å². The van der Waals surface area contributed by atoms with E-state index in [2.05, 4.69) is 18.4 Å². The van der Waals surface area contributed by atoms with Gasteiger partial charge in [0.25, 0.3) is 0 Å².